The summed E-state index contributed by atoms with van der Waals surface area (Å²) < 4.78 is 11.0. The number of hydrogen-bond donors (Lipinski definition) is 1. The molecule has 0 amide bonds. The summed E-state index contributed by atoms with van der Waals surface area (Å²) in [5.74, 6) is -1.45. The lowest BCUT2D eigenvalue weighted by Crippen LogP contribution is -2.19. The second kappa shape index (κ2) is 9.14. The number of benzene rings is 2. The lowest BCUT2D eigenvalue weighted by Gasteiger charge is -2.08. The molecule has 1 heterocycles. The molecule has 3 rings (SSSR count). The smallest absolute Gasteiger partial charge is 0.347 e. The first-order chi connectivity index (χ1) is 13.6. The Balaban J connectivity index is 1.77. The maximum absolute atomic E-state index is 12.0. The number of rotatable bonds is 7. The molecular formula is C21H20N2O4S. The van der Waals surface area contributed by atoms with E-state index in [-0.39, 0.29) is 18.8 Å². The van der Waals surface area contributed by atoms with Gasteiger partial charge in [0.2, 0.25) is 0 Å². The van der Waals surface area contributed by atoms with E-state index < -0.39 is 11.9 Å². The molecule has 1 aromatic heterocycles. The zero-order chi connectivity index (χ0) is 19.9. The Morgan fingerprint density at radius 2 is 1.64 bits per heavy atom. The molecule has 0 fully saturated rings. The van der Waals surface area contributed by atoms with E-state index in [1.165, 1.54) is 6.20 Å². The third-order valence-electron chi connectivity index (χ3n) is 3.80. The van der Waals surface area contributed by atoms with Gasteiger partial charge in [0.25, 0.3) is 0 Å². The van der Waals surface area contributed by atoms with Gasteiger partial charge in [0.15, 0.2) is 5.57 Å². The molecule has 144 valence electrons. The highest BCUT2D eigenvalue weighted by atomic mass is 32.1. The van der Waals surface area contributed by atoms with E-state index in [2.05, 4.69) is 10.3 Å². The second-order valence-corrected chi connectivity index (χ2v) is 6.74. The third-order valence-corrected chi connectivity index (χ3v) is 4.89. The Hall–Kier alpha value is -3.19. The van der Waals surface area contributed by atoms with Crippen LogP contribution in [0.1, 0.15) is 13.8 Å². The van der Waals surface area contributed by atoms with Gasteiger partial charge >= 0.3 is 11.9 Å². The fraction of sp³-hybridized carbons (Fsp3) is 0.190. The summed E-state index contributed by atoms with van der Waals surface area (Å²) in [6.45, 7) is 3.70. The molecular weight excluding hydrogens is 376 g/mol. The average molecular weight is 396 g/mol. The maximum Gasteiger partial charge on any atom is 0.347 e. The molecule has 0 saturated carbocycles. The first kappa shape index (κ1) is 19.6. The summed E-state index contributed by atoms with van der Waals surface area (Å²) in [4.78, 5) is 28.6. The maximum atomic E-state index is 12.0. The van der Waals surface area contributed by atoms with Gasteiger partial charge in [-0.15, -0.1) is 11.3 Å². The summed E-state index contributed by atoms with van der Waals surface area (Å²) in [6.07, 6.45) is 1.31. The number of anilines is 1. The molecule has 0 aliphatic heterocycles. The van der Waals surface area contributed by atoms with Gasteiger partial charge < -0.3 is 14.8 Å². The van der Waals surface area contributed by atoms with Gasteiger partial charge in [-0.05, 0) is 50.2 Å². The summed E-state index contributed by atoms with van der Waals surface area (Å²) in [5.41, 5.74) is 2.50. The Labute approximate surface area is 166 Å². The van der Waals surface area contributed by atoms with Crippen LogP contribution in [-0.2, 0) is 19.1 Å². The number of esters is 2. The van der Waals surface area contributed by atoms with E-state index in [0.29, 0.717) is 0 Å². The molecule has 0 unspecified atom stereocenters. The van der Waals surface area contributed by atoms with Crippen molar-refractivity contribution < 1.29 is 19.1 Å². The number of nitrogens with one attached hydrogen (secondary N) is 1. The van der Waals surface area contributed by atoms with Crippen molar-refractivity contribution in [3.63, 3.8) is 0 Å². The molecule has 7 heteroatoms. The quantitative estimate of drug-likeness (QED) is 0.276. The first-order valence-corrected chi connectivity index (χ1v) is 9.71. The van der Waals surface area contributed by atoms with Gasteiger partial charge in [-0.1, -0.05) is 12.1 Å². The summed E-state index contributed by atoms with van der Waals surface area (Å²) in [6, 6.07) is 15.6. The zero-order valence-electron chi connectivity index (χ0n) is 15.6. The van der Waals surface area contributed by atoms with Crippen molar-refractivity contribution in [1.82, 2.24) is 4.98 Å². The number of ether oxygens (including phenoxy) is 2. The Morgan fingerprint density at radius 3 is 2.25 bits per heavy atom. The van der Waals surface area contributed by atoms with E-state index in [1.807, 2.05) is 48.5 Å². The van der Waals surface area contributed by atoms with Crippen LogP contribution >= 0.6 is 11.3 Å². The van der Waals surface area contributed by atoms with Crippen molar-refractivity contribution in [2.45, 2.75) is 13.8 Å². The average Bonchev–Trinajstić information content (AvgIpc) is 3.13. The van der Waals surface area contributed by atoms with Crippen molar-refractivity contribution in [2.75, 3.05) is 18.5 Å². The lowest BCUT2D eigenvalue weighted by molar-refractivity contribution is -0.146. The second-order valence-electron chi connectivity index (χ2n) is 5.71. The predicted molar refractivity (Wildman–Crippen MR) is 110 cm³/mol. The van der Waals surface area contributed by atoms with Crippen LogP contribution in [0.4, 0.5) is 5.69 Å². The van der Waals surface area contributed by atoms with Crippen molar-refractivity contribution >= 4 is 39.2 Å². The topological polar surface area (TPSA) is 77.5 Å². The number of aromatic nitrogens is 1. The van der Waals surface area contributed by atoms with E-state index in [9.17, 15) is 9.59 Å². The number of carbonyl (C=O) groups is 2. The summed E-state index contributed by atoms with van der Waals surface area (Å²) in [7, 11) is 0. The number of para-hydroxylation sites is 1. The van der Waals surface area contributed by atoms with E-state index in [4.69, 9.17) is 9.47 Å². The molecule has 0 aliphatic rings. The van der Waals surface area contributed by atoms with Crippen LogP contribution < -0.4 is 5.32 Å². The largest absolute Gasteiger partial charge is 0.462 e. The predicted octanol–water partition coefficient (Wildman–Crippen LogP) is 4.39. The summed E-state index contributed by atoms with van der Waals surface area (Å²) >= 11 is 1.63. The highest BCUT2D eigenvalue weighted by Crippen LogP contribution is 2.30. The monoisotopic (exact) mass is 396 g/mol. The molecule has 3 aromatic rings. The van der Waals surface area contributed by atoms with Gasteiger partial charge in [0.05, 0.1) is 23.4 Å². The molecule has 0 radical (unpaired) electrons. The molecule has 6 nitrogen and oxygen atoms in total. The number of nitrogens with zero attached hydrogens (tertiary/aromatic N) is 1. The molecule has 28 heavy (non-hydrogen) atoms. The lowest BCUT2D eigenvalue weighted by atomic mass is 10.2. The van der Waals surface area contributed by atoms with E-state index in [1.54, 1.807) is 25.2 Å². The standard InChI is InChI=1S/C21H20N2O4S/c1-3-26-20(24)16(21(25)27-4-2)13-22-15-11-9-14(10-12-15)19-23-17-7-5-6-8-18(17)28-19/h5-13,22H,3-4H2,1-2H3. The highest BCUT2D eigenvalue weighted by Gasteiger charge is 2.20. The van der Waals surface area contributed by atoms with Crippen LogP contribution in [0.25, 0.3) is 20.8 Å². The first-order valence-electron chi connectivity index (χ1n) is 8.89. The van der Waals surface area contributed by atoms with Crippen molar-refractivity contribution in [1.29, 1.82) is 0 Å². The van der Waals surface area contributed by atoms with Gasteiger partial charge in [0.1, 0.15) is 5.01 Å². The van der Waals surface area contributed by atoms with Gasteiger partial charge in [-0.25, -0.2) is 14.6 Å². The molecule has 0 saturated heterocycles. The normalized spacial score (nSPS) is 10.4. The van der Waals surface area contributed by atoms with Crippen LogP contribution in [0.5, 0.6) is 0 Å². The van der Waals surface area contributed by atoms with Crippen molar-refractivity contribution in [3.05, 3.63) is 60.3 Å². The molecule has 0 aliphatic carbocycles. The summed E-state index contributed by atoms with van der Waals surface area (Å²) in [5, 5.41) is 3.88. The van der Waals surface area contributed by atoms with Gasteiger partial charge in [0, 0.05) is 17.5 Å². The van der Waals surface area contributed by atoms with Crippen molar-refractivity contribution in [3.8, 4) is 10.6 Å². The Kier molecular flexibility index (Phi) is 6.39. The number of fused-ring (bicyclic) bond motifs is 1. The van der Waals surface area contributed by atoms with Crippen LogP contribution in [0.15, 0.2) is 60.3 Å². The van der Waals surface area contributed by atoms with Crippen LogP contribution in [0, 0.1) is 0 Å². The Morgan fingerprint density at radius 1 is 1.00 bits per heavy atom. The number of thiazole rings is 1. The van der Waals surface area contributed by atoms with Crippen LogP contribution in [-0.4, -0.2) is 30.1 Å². The van der Waals surface area contributed by atoms with Gasteiger partial charge in [-0.2, -0.15) is 0 Å². The highest BCUT2D eigenvalue weighted by molar-refractivity contribution is 7.21. The minimum absolute atomic E-state index is 0.173. The molecule has 0 atom stereocenters. The molecule has 1 N–H and O–H groups in total. The minimum Gasteiger partial charge on any atom is -0.462 e. The SMILES string of the molecule is CCOC(=O)C(=CNc1ccc(-c2nc3ccccc3s2)cc1)C(=O)OCC. The number of carbonyl (C=O) groups excluding carboxylic acids is 2. The fourth-order valence-corrected chi connectivity index (χ4v) is 3.45. The third kappa shape index (κ3) is 4.55. The van der Waals surface area contributed by atoms with E-state index in [0.717, 1.165) is 26.5 Å². The Bertz CT molecular complexity index is 956. The fourth-order valence-electron chi connectivity index (χ4n) is 2.48. The molecule has 2 aromatic carbocycles. The molecule has 0 bridgehead atoms. The van der Waals surface area contributed by atoms with Crippen molar-refractivity contribution in [2.24, 2.45) is 0 Å². The molecule has 0 spiro atoms. The van der Waals surface area contributed by atoms with Crippen LogP contribution in [0.3, 0.4) is 0 Å². The van der Waals surface area contributed by atoms with E-state index >= 15 is 0 Å². The van der Waals surface area contributed by atoms with Gasteiger partial charge in [-0.3, -0.25) is 0 Å². The zero-order valence-corrected chi connectivity index (χ0v) is 16.4. The minimum atomic E-state index is -0.723. The number of hydrogen-bond acceptors (Lipinski definition) is 7. The van der Waals surface area contributed by atoms with Crippen LogP contribution in [0.2, 0.25) is 0 Å².